The summed E-state index contributed by atoms with van der Waals surface area (Å²) in [7, 11) is 0. The van der Waals surface area contributed by atoms with E-state index in [0.29, 0.717) is 27.5 Å². The first-order chi connectivity index (χ1) is 11.0. The minimum absolute atomic E-state index is 0.0625. The third kappa shape index (κ3) is 4.05. The van der Waals surface area contributed by atoms with Gasteiger partial charge in [0.15, 0.2) is 11.0 Å². The van der Waals surface area contributed by atoms with E-state index in [4.69, 9.17) is 23.2 Å². The molecule has 1 aliphatic heterocycles. The van der Waals surface area contributed by atoms with E-state index in [1.54, 1.807) is 18.3 Å². The first-order valence-corrected chi connectivity index (χ1v) is 8.57. The number of amidine groups is 1. The second-order valence-corrected chi connectivity index (χ2v) is 7.16. The van der Waals surface area contributed by atoms with Crippen molar-refractivity contribution in [3.63, 3.8) is 0 Å². The zero-order valence-corrected chi connectivity index (χ0v) is 14.5. The summed E-state index contributed by atoms with van der Waals surface area (Å²) in [6.45, 7) is 1.97. The van der Waals surface area contributed by atoms with E-state index >= 15 is 0 Å². The fourth-order valence-corrected chi connectivity index (χ4v) is 3.50. The fourth-order valence-electron chi connectivity index (χ4n) is 2.16. The Hall–Kier alpha value is -1.56. The molecule has 1 atom stereocenters. The van der Waals surface area contributed by atoms with Crippen LogP contribution < -0.4 is 5.32 Å². The van der Waals surface area contributed by atoms with Gasteiger partial charge in [-0.3, -0.25) is 4.79 Å². The maximum atomic E-state index is 12.1. The SMILES string of the molecule is Cc1ccnc(N=C2NC(=O)C(Cc3ccc(Cl)c(Cl)c3)S2)c1. The maximum Gasteiger partial charge on any atom is 0.239 e. The third-order valence-corrected chi connectivity index (χ3v) is 5.12. The summed E-state index contributed by atoms with van der Waals surface area (Å²) in [6, 6.07) is 9.17. The number of hydrogen-bond donors (Lipinski definition) is 1. The van der Waals surface area contributed by atoms with Gasteiger partial charge in [0.2, 0.25) is 5.91 Å². The topological polar surface area (TPSA) is 54.4 Å². The van der Waals surface area contributed by atoms with E-state index in [1.165, 1.54) is 11.8 Å². The zero-order valence-electron chi connectivity index (χ0n) is 12.2. The smallest absolute Gasteiger partial charge is 0.239 e. The molecule has 1 unspecified atom stereocenters. The summed E-state index contributed by atoms with van der Waals surface area (Å²) < 4.78 is 0. The van der Waals surface area contributed by atoms with Gasteiger partial charge in [0.25, 0.3) is 0 Å². The first kappa shape index (κ1) is 16.3. The highest BCUT2D eigenvalue weighted by Gasteiger charge is 2.30. The molecule has 1 fully saturated rings. The van der Waals surface area contributed by atoms with Crippen molar-refractivity contribution in [2.45, 2.75) is 18.6 Å². The number of benzene rings is 1. The molecule has 1 amide bonds. The number of nitrogens with one attached hydrogen (secondary N) is 1. The molecule has 0 radical (unpaired) electrons. The number of hydrogen-bond acceptors (Lipinski definition) is 4. The van der Waals surface area contributed by atoms with Crippen molar-refractivity contribution in [2.75, 3.05) is 0 Å². The Morgan fingerprint density at radius 1 is 1.26 bits per heavy atom. The lowest BCUT2D eigenvalue weighted by Gasteiger charge is -2.06. The van der Waals surface area contributed by atoms with E-state index in [1.807, 2.05) is 25.1 Å². The van der Waals surface area contributed by atoms with Gasteiger partial charge in [0, 0.05) is 6.20 Å². The molecule has 1 N–H and O–H groups in total. The summed E-state index contributed by atoms with van der Waals surface area (Å²) in [5.41, 5.74) is 2.03. The molecule has 1 aromatic heterocycles. The first-order valence-electron chi connectivity index (χ1n) is 6.94. The molecule has 0 bridgehead atoms. The van der Waals surface area contributed by atoms with Gasteiger partial charge in [-0.2, -0.15) is 0 Å². The standard InChI is InChI=1S/C16H13Cl2N3OS/c1-9-4-5-19-14(6-9)20-16-21-15(22)13(23-16)8-10-2-3-11(17)12(18)7-10/h2-7,13H,8H2,1H3,(H,19,20,21,22). The van der Waals surface area contributed by atoms with Crippen LogP contribution >= 0.6 is 35.0 Å². The highest BCUT2D eigenvalue weighted by molar-refractivity contribution is 8.15. The van der Waals surface area contributed by atoms with Crippen molar-refractivity contribution >= 4 is 51.9 Å². The number of aryl methyl sites for hydroxylation is 1. The molecule has 3 rings (SSSR count). The van der Waals surface area contributed by atoms with E-state index in [2.05, 4.69) is 15.3 Å². The van der Waals surface area contributed by atoms with Gasteiger partial charge < -0.3 is 5.32 Å². The van der Waals surface area contributed by atoms with Gasteiger partial charge in [0.05, 0.1) is 15.3 Å². The average Bonchev–Trinajstić information content (AvgIpc) is 2.83. The summed E-state index contributed by atoms with van der Waals surface area (Å²) in [6.07, 6.45) is 2.26. The largest absolute Gasteiger partial charge is 0.304 e. The number of aromatic nitrogens is 1. The van der Waals surface area contributed by atoms with Crippen LogP contribution in [0.2, 0.25) is 10.0 Å². The normalized spacial score (nSPS) is 19.2. The van der Waals surface area contributed by atoms with Gasteiger partial charge in [-0.1, -0.05) is 41.0 Å². The Morgan fingerprint density at radius 2 is 2.09 bits per heavy atom. The number of amides is 1. The van der Waals surface area contributed by atoms with Crippen LogP contribution in [0, 0.1) is 6.92 Å². The number of nitrogens with zero attached hydrogens (tertiary/aromatic N) is 2. The predicted octanol–water partition coefficient (Wildman–Crippen LogP) is 4.16. The molecule has 1 aromatic carbocycles. The van der Waals surface area contributed by atoms with Crippen LogP contribution in [-0.4, -0.2) is 21.3 Å². The van der Waals surface area contributed by atoms with Crippen LogP contribution in [0.3, 0.4) is 0 Å². The summed E-state index contributed by atoms with van der Waals surface area (Å²) in [5.74, 6) is 0.524. The summed E-state index contributed by atoms with van der Waals surface area (Å²) >= 11 is 13.3. The van der Waals surface area contributed by atoms with Crippen LogP contribution in [0.15, 0.2) is 41.5 Å². The Kier molecular flexibility index (Phi) is 4.90. The second-order valence-electron chi connectivity index (χ2n) is 5.16. The van der Waals surface area contributed by atoms with Crippen molar-refractivity contribution in [3.8, 4) is 0 Å². The number of rotatable bonds is 3. The number of thioether (sulfide) groups is 1. The van der Waals surface area contributed by atoms with Gasteiger partial charge >= 0.3 is 0 Å². The lowest BCUT2D eigenvalue weighted by atomic mass is 10.1. The van der Waals surface area contributed by atoms with Crippen molar-refractivity contribution < 1.29 is 4.79 Å². The zero-order chi connectivity index (χ0) is 16.4. The van der Waals surface area contributed by atoms with E-state index < -0.39 is 0 Å². The molecule has 2 aromatic rings. The molecule has 4 nitrogen and oxygen atoms in total. The van der Waals surface area contributed by atoms with E-state index in [0.717, 1.165) is 11.1 Å². The highest BCUT2D eigenvalue weighted by atomic mass is 35.5. The number of carbonyl (C=O) groups excluding carboxylic acids is 1. The lowest BCUT2D eigenvalue weighted by Crippen LogP contribution is -2.26. The monoisotopic (exact) mass is 365 g/mol. The maximum absolute atomic E-state index is 12.1. The third-order valence-electron chi connectivity index (χ3n) is 3.30. The minimum atomic E-state index is -0.240. The highest BCUT2D eigenvalue weighted by Crippen LogP contribution is 2.28. The quantitative estimate of drug-likeness (QED) is 0.888. The van der Waals surface area contributed by atoms with E-state index in [9.17, 15) is 4.79 Å². The predicted molar refractivity (Wildman–Crippen MR) is 95.8 cm³/mol. The Balaban J connectivity index is 1.73. The van der Waals surface area contributed by atoms with Crippen LogP contribution in [0.1, 0.15) is 11.1 Å². The Morgan fingerprint density at radius 3 is 2.83 bits per heavy atom. The molecule has 0 spiro atoms. The molecular formula is C16H13Cl2N3OS. The van der Waals surface area contributed by atoms with Crippen molar-refractivity contribution in [2.24, 2.45) is 4.99 Å². The summed E-state index contributed by atoms with van der Waals surface area (Å²) in [4.78, 5) is 20.7. The van der Waals surface area contributed by atoms with Gasteiger partial charge in [0.1, 0.15) is 0 Å². The Labute approximate surface area is 148 Å². The number of aliphatic imine (C=N–C) groups is 1. The number of pyridine rings is 1. The van der Waals surface area contributed by atoms with Gasteiger partial charge in [-0.25, -0.2) is 9.98 Å². The molecular weight excluding hydrogens is 353 g/mol. The van der Waals surface area contributed by atoms with Crippen LogP contribution in [0.5, 0.6) is 0 Å². The van der Waals surface area contributed by atoms with E-state index in [-0.39, 0.29) is 11.2 Å². The van der Waals surface area contributed by atoms with Gasteiger partial charge in [-0.15, -0.1) is 0 Å². The number of carbonyl (C=O) groups is 1. The van der Waals surface area contributed by atoms with Crippen LogP contribution in [-0.2, 0) is 11.2 Å². The van der Waals surface area contributed by atoms with Crippen LogP contribution in [0.25, 0.3) is 0 Å². The minimum Gasteiger partial charge on any atom is -0.304 e. The van der Waals surface area contributed by atoms with Crippen molar-refractivity contribution in [1.29, 1.82) is 0 Å². The molecule has 1 saturated heterocycles. The molecule has 7 heteroatoms. The molecule has 2 heterocycles. The molecule has 0 saturated carbocycles. The van der Waals surface area contributed by atoms with Gasteiger partial charge in [-0.05, 0) is 48.7 Å². The lowest BCUT2D eigenvalue weighted by molar-refractivity contribution is -0.118. The molecule has 23 heavy (non-hydrogen) atoms. The van der Waals surface area contributed by atoms with Crippen LogP contribution in [0.4, 0.5) is 5.82 Å². The number of halogens is 2. The molecule has 118 valence electrons. The van der Waals surface area contributed by atoms with Crippen molar-refractivity contribution in [3.05, 3.63) is 57.7 Å². The van der Waals surface area contributed by atoms with Crippen molar-refractivity contribution in [1.82, 2.24) is 10.3 Å². The fraction of sp³-hybridized carbons (Fsp3) is 0.188. The Bertz CT molecular complexity index is 795. The molecule has 1 aliphatic rings. The summed E-state index contributed by atoms with van der Waals surface area (Å²) in [5, 5.41) is 4.12. The molecule has 0 aliphatic carbocycles. The second kappa shape index (κ2) is 6.91. The average molecular weight is 366 g/mol.